The Morgan fingerprint density at radius 1 is 1.38 bits per heavy atom. The van der Waals surface area contributed by atoms with Crippen molar-refractivity contribution in [1.82, 2.24) is 14.5 Å². The van der Waals surface area contributed by atoms with Gasteiger partial charge in [0.1, 0.15) is 17.3 Å². The second-order valence-electron chi connectivity index (χ2n) is 7.71. The summed E-state index contributed by atoms with van der Waals surface area (Å²) in [6, 6.07) is 7.41. The van der Waals surface area contributed by atoms with Crippen LogP contribution in [0.4, 0.5) is 5.69 Å². The molecule has 2 aromatic rings. The van der Waals surface area contributed by atoms with Crippen molar-refractivity contribution in [3.8, 4) is 0 Å². The summed E-state index contributed by atoms with van der Waals surface area (Å²) in [4.78, 5) is 32.6. The lowest BCUT2D eigenvalue weighted by molar-refractivity contribution is -0.134. The van der Waals surface area contributed by atoms with E-state index in [1.807, 2.05) is 60.8 Å². The summed E-state index contributed by atoms with van der Waals surface area (Å²) in [5, 5.41) is 3.03. The first-order valence-corrected chi connectivity index (χ1v) is 9.13. The average Bonchev–Trinajstić information content (AvgIpc) is 3.25. The number of nitrogens with zero attached hydrogens (tertiary/aromatic N) is 3. The number of fused-ring (bicyclic) bond motifs is 2. The fourth-order valence-corrected chi connectivity index (χ4v) is 4.42. The van der Waals surface area contributed by atoms with Crippen molar-refractivity contribution in [2.45, 2.75) is 38.1 Å². The fraction of sp³-hybridized carbons (Fsp3) is 0.450. The minimum atomic E-state index is -0.775. The standard InChI is InChI=1S/C20H24N4O2/c1-13(2)12-16(25)24-10-8-20(17(24)18-21-9-11-23(18)3)14-6-4-5-7-15(14)22-19(20)26/h4-7,9,11,13,17H,8,10,12H2,1-3H3,(H,22,26)/t17-,20+/m0/s1. The van der Waals surface area contributed by atoms with Crippen molar-refractivity contribution in [3.05, 3.63) is 48.0 Å². The molecule has 1 aromatic heterocycles. The Balaban J connectivity index is 1.87. The van der Waals surface area contributed by atoms with Gasteiger partial charge in [-0.2, -0.15) is 0 Å². The van der Waals surface area contributed by atoms with Crippen LogP contribution < -0.4 is 5.32 Å². The van der Waals surface area contributed by atoms with Crippen LogP contribution in [-0.4, -0.2) is 32.8 Å². The van der Waals surface area contributed by atoms with Gasteiger partial charge in [0, 0.05) is 38.1 Å². The molecule has 0 bridgehead atoms. The molecule has 1 spiro atoms. The van der Waals surface area contributed by atoms with Crippen LogP contribution in [0.1, 0.15) is 44.1 Å². The van der Waals surface area contributed by atoms with Crippen LogP contribution >= 0.6 is 0 Å². The van der Waals surface area contributed by atoms with E-state index in [0.29, 0.717) is 19.4 Å². The molecule has 1 N–H and O–H groups in total. The first kappa shape index (κ1) is 16.8. The topological polar surface area (TPSA) is 67.2 Å². The first-order valence-electron chi connectivity index (χ1n) is 9.13. The van der Waals surface area contributed by atoms with Crippen LogP contribution in [0.5, 0.6) is 0 Å². The van der Waals surface area contributed by atoms with E-state index in [2.05, 4.69) is 10.3 Å². The molecular formula is C20H24N4O2. The average molecular weight is 352 g/mol. The van der Waals surface area contributed by atoms with Crippen molar-refractivity contribution in [1.29, 1.82) is 0 Å². The summed E-state index contributed by atoms with van der Waals surface area (Å²) >= 11 is 0. The van der Waals surface area contributed by atoms with E-state index in [9.17, 15) is 9.59 Å². The molecule has 1 fully saturated rings. The Bertz CT molecular complexity index is 872. The molecule has 0 unspecified atom stereocenters. The lowest BCUT2D eigenvalue weighted by Crippen LogP contribution is -2.44. The number of anilines is 1. The summed E-state index contributed by atoms with van der Waals surface area (Å²) in [5.41, 5.74) is 1.04. The van der Waals surface area contributed by atoms with Crippen LogP contribution in [0.3, 0.4) is 0 Å². The van der Waals surface area contributed by atoms with E-state index in [0.717, 1.165) is 17.1 Å². The fourth-order valence-electron chi connectivity index (χ4n) is 4.42. The van der Waals surface area contributed by atoms with Gasteiger partial charge in [-0.15, -0.1) is 0 Å². The van der Waals surface area contributed by atoms with Crippen molar-refractivity contribution in [3.63, 3.8) is 0 Å². The lowest BCUT2D eigenvalue weighted by atomic mass is 9.74. The van der Waals surface area contributed by atoms with E-state index in [4.69, 9.17) is 0 Å². The largest absolute Gasteiger partial charge is 0.336 e. The molecule has 0 radical (unpaired) electrons. The molecule has 26 heavy (non-hydrogen) atoms. The molecule has 136 valence electrons. The maximum atomic E-state index is 13.2. The van der Waals surface area contributed by atoms with Gasteiger partial charge < -0.3 is 14.8 Å². The van der Waals surface area contributed by atoms with Gasteiger partial charge in [0.15, 0.2) is 0 Å². The van der Waals surface area contributed by atoms with Crippen LogP contribution in [-0.2, 0) is 22.1 Å². The molecule has 4 rings (SSSR count). The third kappa shape index (κ3) is 2.28. The molecule has 2 aliphatic heterocycles. The van der Waals surface area contributed by atoms with E-state index in [1.54, 1.807) is 6.20 Å². The smallest absolute Gasteiger partial charge is 0.237 e. The molecule has 2 atom stereocenters. The number of para-hydroxylation sites is 1. The highest BCUT2D eigenvalue weighted by Crippen LogP contribution is 2.54. The Kier molecular flexibility index (Phi) is 3.86. The number of hydrogen-bond donors (Lipinski definition) is 1. The third-order valence-electron chi connectivity index (χ3n) is 5.59. The minimum absolute atomic E-state index is 0.0356. The summed E-state index contributed by atoms with van der Waals surface area (Å²) in [5.74, 6) is 1.07. The molecule has 6 nitrogen and oxygen atoms in total. The number of benzene rings is 1. The maximum Gasteiger partial charge on any atom is 0.237 e. The molecule has 6 heteroatoms. The van der Waals surface area contributed by atoms with E-state index < -0.39 is 11.5 Å². The SMILES string of the molecule is CC(C)CC(=O)N1CC[C@]2(C(=O)Nc3ccccc32)[C@@H]1c1nccn1C. The quantitative estimate of drug-likeness (QED) is 0.923. The third-order valence-corrected chi connectivity index (χ3v) is 5.59. The highest BCUT2D eigenvalue weighted by atomic mass is 16.2. The van der Waals surface area contributed by atoms with Gasteiger partial charge in [0.05, 0.1) is 0 Å². The van der Waals surface area contributed by atoms with Gasteiger partial charge in [-0.05, 0) is 24.0 Å². The maximum absolute atomic E-state index is 13.2. The van der Waals surface area contributed by atoms with Crippen LogP contribution in [0.15, 0.2) is 36.7 Å². The second kappa shape index (κ2) is 5.97. The number of likely N-dealkylation sites (tertiary alicyclic amines) is 1. The number of carbonyl (C=O) groups is 2. The van der Waals surface area contributed by atoms with Gasteiger partial charge in [-0.3, -0.25) is 9.59 Å². The number of carbonyl (C=O) groups excluding carboxylic acids is 2. The van der Waals surface area contributed by atoms with Crippen LogP contribution in [0, 0.1) is 5.92 Å². The first-order chi connectivity index (χ1) is 12.4. The predicted octanol–water partition coefficient (Wildman–Crippen LogP) is 2.63. The Hall–Kier alpha value is -2.63. The highest BCUT2D eigenvalue weighted by molar-refractivity contribution is 6.07. The van der Waals surface area contributed by atoms with Crippen LogP contribution in [0.2, 0.25) is 0 Å². The molecule has 1 saturated heterocycles. The molecule has 2 amide bonds. The van der Waals surface area contributed by atoms with Crippen LogP contribution in [0.25, 0.3) is 0 Å². The summed E-state index contributed by atoms with van der Waals surface area (Å²) < 4.78 is 1.92. The zero-order chi connectivity index (χ0) is 18.5. The van der Waals surface area contributed by atoms with E-state index in [1.165, 1.54) is 0 Å². The van der Waals surface area contributed by atoms with Crippen molar-refractivity contribution >= 4 is 17.5 Å². The minimum Gasteiger partial charge on any atom is -0.336 e. The molecule has 3 heterocycles. The van der Waals surface area contributed by atoms with Gasteiger partial charge in [-0.1, -0.05) is 32.0 Å². The molecule has 0 aliphatic carbocycles. The van der Waals surface area contributed by atoms with E-state index >= 15 is 0 Å². The highest BCUT2D eigenvalue weighted by Gasteiger charge is 2.60. The van der Waals surface area contributed by atoms with Crippen molar-refractivity contribution in [2.75, 3.05) is 11.9 Å². The number of nitrogens with one attached hydrogen (secondary N) is 1. The zero-order valence-electron chi connectivity index (χ0n) is 15.4. The summed E-state index contributed by atoms with van der Waals surface area (Å²) in [6.07, 6.45) is 4.67. The molecule has 2 aliphatic rings. The van der Waals surface area contributed by atoms with Gasteiger partial charge in [0.2, 0.25) is 11.8 Å². The lowest BCUT2D eigenvalue weighted by Gasteiger charge is -2.33. The van der Waals surface area contributed by atoms with Gasteiger partial charge in [-0.25, -0.2) is 4.98 Å². The number of rotatable bonds is 3. The second-order valence-corrected chi connectivity index (χ2v) is 7.71. The number of aromatic nitrogens is 2. The number of aryl methyl sites for hydroxylation is 1. The predicted molar refractivity (Wildman–Crippen MR) is 98.5 cm³/mol. The molecule has 1 aromatic carbocycles. The van der Waals surface area contributed by atoms with Gasteiger partial charge >= 0.3 is 0 Å². The number of imidazole rings is 1. The van der Waals surface area contributed by atoms with Crippen molar-refractivity contribution < 1.29 is 9.59 Å². The molecular weight excluding hydrogens is 328 g/mol. The Morgan fingerprint density at radius 2 is 2.15 bits per heavy atom. The van der Waals surface area contributed by atoms with Crippen molar-refractivity contribution in [2.24, 2.45) is 13.0 Å². The monoisotopic (exact) mass is 352 g/mol. The molecule has 0 saturated carbocycles. The zero-order valence-corrected chi connectivity index (χ0v) is 15.4. The Labute approximate surface area is 153 Å². The van der Waals surface area contributed by atoms with E-state index in [-0.39, 0.29) is 17.7 Å². The summed E-state index contributed by atoms with van der Waals surface area (Å²) in [7, 11) is 1.91. The normalized spacial score (nSPS) is 24.4. The number of amides is 2. The number of hydrogen-bond acceptors (Lipinski definition) is 3. The van der Waals surface area contributed by atoms with Gasteiger partial charge in [0.25, 0.3) is 0 Å². The summed E-state index contributed by atoms with van der Waals surface area (Å²) in [6.45, 7) is 4.64. The Morgan fingerprint density at radius 3 is 2.85 bits per heavy atom.